The van der Waals surface area contributed by atoms with E-state index in [1.165, 1.54) is 0 Å². The topological polar surface area (TPSA) is 48.5 Å². The first kappa shape index (κ1) is 11.5. The first-order valence-corrected chi connectivity index (χ1v) is 6.43. The highest BCUT2D eigenvalue weighted by Gasteiger charge is 2.38. The summed E-state index contributed by atoms with van der Waals surface area (Å²) in [5, 5.41) is 3.33. The normalized spacial score (nSPS) is 23.4. The Kier molecular flexibility index (Phi) is 2.91. The Balaban J connectivity index is 1.72. The highest BCUT2D eigenvalue weighted by Crippen LogP contribution is 2.19. The number of nitrogens with zero attached hydrogens (tertiary/aromatic N) is 3. The molecule has 0 aromatic carbocycles. The smallest absolute Gasteiger partial charge is 0.317 e. The second-order valence-corrected chi connectivity index (χ2v) is 4.98. The summed E-state index contributed by atoms with van der Waals surface area (Å²) in [6, 6.07) is 6.44. The van der Waals surface area contributed by atoms with E-state index >= 15 is 0 Å². The van der Waals surface area contributed by atoms with Crippen LogP contribution in [0.4, 0.5) is 4.79 Å². The molecule has 0 aliphatic carbocycles. The number of hydrogen-bond acceptors (Lipinski definition) is 3. The molecule has 3 rings (SSSR count). The minimum atomic E-state index is 0.157. The fraction of sp³-hybridized carbons (Fsp3) is 0.538. The number of aryl methyl sites for hydroxylation is 1. The van der Waals surface area contributed by atoms with Crippen LogP contribution >= 0.6 is 0 Å². The van der Waals surface area contributed by atoms with Crippen molar-refractivity contribution in [3.8, 4) is 0 Å². The summed E-state index contributed by atoms with van der Waals surface area (Å²) in [6.45, 7) is 6.03. The average Bonchev–Trinajstić information content (AvgIpc) is 2.67. The zero-order chi connectivity index (χ0) is 12.5. The predicted octanol–water partition coefficient (Wildman–Crippen LogP) is 0.599. The zero-order valence-corrected chi connectivity index (χ0v) is 10.6. The van der Waals surface area contributed by atoms with E-state index in [-0.39, 0.29) is 6.03 Å². The van der Waals surface area contributed by atoms with Gasteiger partial charge in [0.25, 0.3) is 0 Å². The number of pyridine rings is 1. The van der Waals surface area contributed by atoms with Gasteiger partial charge in [-0.25, -0.2) is 4.79 Å². The average molecular weight is 246 g/mol. The fourth-order valence-electron chi connectivity index (χ4n) is 2.71. The Morgan fingerprint density at radius 3 is 3.17 bits per heavy atom. The number of fused-ring (bicyclic) bond motifs is 1. The quantitative estimate of drug-likeness (QED) is 0.831. The minimum absolute atomic E-state index is 0.157. The Morgan fingerprint density at radius 1 is 1.50 bits per heavy atom. The third-order valence-electron chi connectivity index (χ3n) is 3.60. The molecule has 1 aromatic heterocycles. The van der Waals surface area contributed by atoms with Gasteiger partial charge >= 0.3 is 6.03 Å². The highest BCUT2D eigenvalue weighted by molar-refractivity contribution is 5.77. The Bertz CT molecular complexity index is 462. The molecule has 1 unspecified atom stereocenters. The molecule has 18 heavy (non-hydrogen) atoms. The number of nitrogens with one attached hydrogen (secondary N) is 1. The number of rotatable bonds is 2. The lowest BCUT2D eigenvalue weighted by Crippen LogP contribution is -2.49. The van der Waals surface area contributed by atoms with Crippen molar-refractivity contribution in [2.24, 2.45) is 0 Å². The van der Waals surface area contributed by atoms with Crippen molar-refractivity contribution in [3.63, 3.8) is 0 Å². The second kappa shape index (κ2) is 4.57. The molecule has 5 heteroatoms. The van der Waals surface area contributed by atoms with Crippen LogP contribution in [-0.2, 0) is 6.54 Å². The minimum Gasteiger partial charge on any atom is -0.317 e. The van der Waals surface area contributed by atoms with Crippen molar-refractivity contribution in [1.82, 2.24) is 20.1 Å². The molecule has 0 spiro atoms. The number of carbonyl (C=O) groups excluding carboxylic acids is 1. The maximum Gasteiger partial charge on any atom is 0.320 e. The van der Waals surface area contributed by atoms with Gasteiger partial charge in [-0.05, 0) is 19.1 Å². The molecule has 1 atom stereocenters. The largest absolute Gasteiger partial charge is 0.320 e. The van der Waals surface area contributed by atoms with Crippen molar-refractivity contribution in [2.45, 2.75) is 19.5 Å². The number of carbonyl (C=O) groups is 1. The summed E-state index contributed by atoms with van der Waals surface area (Å²) in [4.78, 5) is 20.6. The van der Waals surface area contributed by atoms with Crippen molar-refractivity contribution >= 4 is 6.03 Å². The van der Waals surface area contributed by atoms with Crippen molar-refractivity contribution < 1.29 is 4.79 Å². The molecular weight excluding hydrogens is 228 g/mol. The lowest BCUT2D eigenvalue weighted by Gasteiger charge is -2.28. The van der Waals surface area contributed by atoms with Gasteiger partial charge in [0.15, 0.2) is 0 Å². The van der Waals surface area contributed by atoms with Crippen LogP contribution < -0.4 is 5.32 Å². The van der Waals surface area contributed by atoms with E-state index in [1.54, 1.807) is 0 Å². The van der Waals surface area contributed by atoms with Crippen LogP contribution in [0.15, 0.2) is 18.2 Å². The van der Waals surface area contributed by atoms with Crippen LogP contribution in [-0.4, -0.2) is 53.0 Å². The van der Waals surface area contributed by atoms with E-state index in [2.05, 4.69) is 10.3 Å². The van der Waals surface area contributed by atoms with Crippen LogP contribution in [0.5, 0.6) is 0 Å². The predicted molar refractivity (Wildman–Crippen MR) is 68.1 cm³/mol. The Labute approximate surface area is 107 Å². The number of aromatic nitrogens is 1. The van der Waals surface area contributed by atoms with E-state index in [4.69, 9.17) is 0 Å². The molecule has 2 saturated heterocycles. The molecule has 1 aromatic rings. The van der Waals surface area contributed by atoms with Crippen LogP contribution in [0, 0.1) is 6.92 Å². The molecule has 3 heterocycles. The van der Waals surface area contributed by atoms with Crippen molar-refractivity contribution in [2.75, 3.05) is 26.2 Å². The molecule has 0 saturated carbocycles. The molecule has 0 bridgehead atoms. The van der Waals surface area contributed by atoms with E-state index in [9.17, 15) is 4.79 Å². The molecule has 2 aliphatic rings. The van der Waals surface area contributed by atoms with Crippen LogP contribution in [0.1, 0.15) is 11.4 Å². The van der Waals surface area contributed by atoms with Crippen LogP contribution in [0.25, 0.3) is 0 Å². The molecule has 2 aliphatic heterocycles. The number of urea groups is 1. The van der Waals surface area contributed by atoms with Gasteiger partial charge < -0.3 is 15.1 Å². The zero-order valence-electron chi connectivity index (χ0n) is 10.6. The van der Waals surface area contributed by atoms with Gasteiger partial charge in [0.2, 0.25) is 0 Å². The third kappa shape index (κ3) is 2.06. The molecule has 2 fully saturated rings. The molecular formula is C13H18N4O. The van der Waals surface area contributed by atoms with Crippen molar-refractivity contribution in [1.29, 1.82) is 0 Å². The summed E-state index contributed by atoms with van der Waals surface area (Å²) in [5.74, 6) is 0. The molecule has 5 nitrogen and oxygen atoms in total. The van der Waals surface area contributed by atoms with E-state index in [0.717, 1.165) is 37.6 Å². The number of piperazine rings is 1. The van der Waals surface area contributed by atoms with Gasteiger partial charge in [0, 0.05) is 31.9 Å². The van der Waals surface area contributed by atoms with E-state index in [0.29, 0.717) is 12.6 Å². The summed E-state index contributed by atoms with van der Waals surface area (Å²) in [5.41, 5.74) is 1.97. The molecule has 0 radical (unpaired) electrons. The Hall–Kier alpha value is -1.62. The van der Waals surface area contributed by atoms with Gasteiger partial charge in [-0.2, -0.15) is 0 Å². The van der Waals surface area contributed by atoms with E-state index < -0.39 is 0 Å². The maximum absolute atomic E-state index is 12.2. The Morgan fingerprint density at radius 2 is 2.39 bits per heavy atom. The van der Waals surface area contributed by atoms with Crippen molar-refractivity contribution in [3.05, 3.63) is 29.6 Å². The summed E-state index contributed by atoms with van der Waals surface area (Å²) in [6.07, 6.45) is 0. The standard InChI is InChI=1S/C13H18N4O/c1-10-3-2-4-11(15-10)8-16-9-12-7-14-5-6-17(12)13(16)18/h2-4,12,14H,5-9H2,1H3. The lowest BCUT2D eigenvalue weighted by atomic mass is 10.2. The van der Waals surface area contributed by atoms with Gasteiger partial charge in [0.1, 0.15) is 0 Å². The SMILES string of the molecule is Cc1cccc(CN2CC3CNCCN3C2=O)n1. The summed E-state index contributed by atoms with van der Waals surface area (Å²) >= 11 is 0. The summed E-state index contributed by atoms with van der Waals surface area (Å²) in [7, 11) is 0. The van der Waals surface area contributed by atoms with Crippen LogP contribution in [0.3, 0.4) is 0 Å². The lowest BCUT2D eigenvalue weighted by molar-refractivity contribution is 0.178. The van der Waals surface area contributed by atoms with Gasteiger partial charge in [0.05, 0.1) is 18.3 Å². The third-order valence-corrected chi connectivity index (χ3v) is 3.60. The fourth-order valence-corrected chi connectivity index (χ4v) is 2.71. The first-order chi connectivity index (χ1) is 8.74. The second-order valence-electron chi connectivity index (χ2n) is 4.98. The number of amides is 2. The van der Waals surface area contributed by atoms with Gasteiger partial charge in [-0.1, -0.05) is 6.07 Å². The van der Waals surface area contributed by atoms with Gasteiger partial charge in [-0.15, -0.1) is 0 Å². The van der Waals surface area contributed by atoms with Gasteiger partial charge in [-0.3, -0.25) is 4.98 Å². The van der Waals surface area contributed by atoms with Crippen LogP contribution in [0.2, 0.25) is 0 Å². The number of hydrogen-bond donors (Lipinski definition) is 1. The van der Waals surface area contributed by atoms with E-state index in [1.807, 2.05) is 34.9 Å². The maximum atomic E-state index is 12.2. The molecule has 1 N–H and O–H groups in total. The monoisotopic (exact) mass is 246 g/mol. The summed E-state index contributed by atoms with van der Waals surface area (Å²) < 4.78 is 0. The first-order valence-electron chi connectivity index (χ1n) is 6.43. The molecule has 96 valence electrons. The highest BCUT2D eigenvalue weighted by atomic mass is 16.2. The molecule has 2 amide bonds.